The van der Waals surface area contributed by atoms with Crippen LogP contribution in [0.3, 0.4) is 0 Å². The first-order valence-electron chi connectivity index (χ1n) is 6.27. The van der Waals surface area contributed by atoms with Crippen molar-refractivity contribution in [1.82, 2.24) is 0 Å². The van der Waals surface area contributed by atoms with Gasteiger partial charge in [-0.3, -0.25) is 0 Å². The van der Waals surface area contributed by atoms with Crippen LogP contribution in [0.15, 0.2) is 54.6 Å². The Bertz CT molecular complexity index is 530. The number of aliphatic hydroxyl groups excluding tert-OH is 1. The van der Waals surface area contributed by atoms with Crippen LogP contribution in [0.5, 0.6) is 11.5 Å². The van der Waals surface area contributed by atoms with Crippen LogP contribution in [0, 0.1) is 0 Å². The zero-order valence-electron chi connectivity index (χ0n) is 10.2. The summed E-state index contributed by atoms with van der Waals surface area (Å²) in [5.74, 6) is 1.69. The number of aliphatic hydroxyl groups is 1. The van der Waals surface area contributed by atoms with Gasteiger partial charge in [0, 0.05) is 11.0 Å². The summed E-state index contributed by atoms with van der Waals surface area (Å²) in [6.45, 7) is 0.197. The molecule has 0 spiro atoms. The standard InChI is InChI=1S/C16H16O2/c17-12-16(10-11-16)14-8-4-5-9-15(14)18-13-6-2-1-3-7-13/h1-9,17H,10-12H2. The van der Waals surface area contributed by atoms with E-state index in [9.17, 15) is 5.11 Å². The molecule has 92 valence electrons. The minimum atomic E-state index is -0.0641. The van der Waals surface area contributed by atoms with Crippen LogP contribution in [0.1, 0.15) is 18.4 Å². The predicted molar refractivity (Wildman–Crippen MR) is 71.0 cm³/mol. The smallest absolute Gasteiger partial charge is 0.131 e. The van der Waals surface area contributed by atoms with Gasteiger partial charge in [-0.15, -0.1) is 0 Å². The Morgan fingerprint density at radius 1 is 0.944 bits per heavy atom. The number of rotatable bonds is 4. The molecule has 1 aliphatic rings. The second kappa shape index (κ2) is 4.46. The molecule has 2 heteroatoms. The number of para-hydroxylation sites is 2. The lowest BCUT2D eigenvalue weighted by Gasteiger charge is -2.17. The fraction of sp³-hybridized carbons (Fsp3) is 0.250. The molecule has 0 aromatic heterocycles. The van der Waals surface area contributed by atoms with Crippen LogP contribution >= 0.6 is 0 Å². The van der Waals surface area contributed by atoms with E-state index >= 15 is 0 Å². The van der Waals surface area contributed by atoms with Crippen LogP contribution in [0.4, 0.5) is 0 Å². The lowest BCUT2D eigenvalue weighted by molar-refractivity contribution is 0.252. The van der Waals surface area contributed by atoms with Gasteiger partial charge in [-0.25, -0.2) is 0 Å². The summed E-state index contributed by atoms with van der Waals surface area (Å²) < 4.78 is 5.93. The Kier molecular flexibility index (Phi) is 2.80. The van der Waals surface area contributed by atoms with Crippen molar-refractivity contribution in [3.8, 4) is 11.5 Å². The molecule has 3 rings (SSSR count). The predicted octanol–water partition coefficient (Wildman–Crippen LogP) is 3.50. The maximum atomic E-state index is 9.54. The molecule has 2 aromatic carbocycles. The van der Waals surface area contributed by atoms with E-state index < -0.39 is 0 Å². The van der Waals surface area contributed by atoms with Gasteiger partial charge in [0.05, 0.1) is 6.61 Å². The summed E-state index contributed by atoms with van der Waals surface area (Å²) in [6, 6.07) is 17.8. The van der Waals surface area contributed by atoms with Gasteiger partial charge in [-0.1, -0.05) is 36.4 Å². The Hall–Kier alpha value is -1.80. The Balaban J connectivity index is 1.93. The van der Waals surface area contributed by atoms with Gasteiger partial charge in [-0.2, -0.15) is 0 Å². The van der Waals surface area contributed by atoms with Crippen molar-refractivity contribution in [3.63, 3.8) is 0 Å². The van der Waals surface area contributed by atoms with Gasteiger partial charge in [0.15, 0.2) is 0 Å². The number of hydrogen-bond acceptors (Lipinski definition) is 2. The molecule has 0 aliphatic heterocycles. The SMILES string of the molecule is OCC1(c2ccccc2Oc2ccccc2)CC1. The maximum Gasteiger partial charge on any atom is 0.131 e. The average Bonchev–Trinajstić information content (AvgIpc) is 3.22. The van der Waals surface area contributed by atoms with Gasteiger partial charge in [0.25, 0.3) is 0 Å². The number of ether oxygens (including phenoxy) is 1. The van der Waals surface area contributed by atoms with E-state index in [1.165, 1.54) is 0 Å². The Labute approximate surface area is 107 Å². The van der Waals surface area contributed by atoms with Gasteiger partial charge in [0.1, 0.15) is 11.5 Å². The van der Waals surface area contributed by atoms with E-state index in [1.807, 2.05) is 48.5 Å². The number of hydrogen-bond donors (Lipinski definition) is 1. The van der Waals surface area contributed by atoms with Crippen molar-refractivity contribution in [2.24, 2.45) is 0 Å². The topological polar surface area (TPSA) is 29.5 Å². The summed E-state index contributed by atoms with van der Waals surface area (Å²) in [7, 11) is 0. The van der Waals surface area contributed by atoms with Crippen molar-refractivity contribution in [2.45, 2.75) is 18.3 Å². The van der Waals surface area contributed by atoms with Crippen molar-refractivity contribution in [1.29, 1.82) is 0 Å². The minimum absolute atomic E-state index is 0.0641. The normalized spacial score (nSPS) is 16.3. The first-order chi connectivity index (χ1) is 8.84. The summed E-state index contributed by atoms with van der Waals surface area (Å²) in [5, 5.41) is 9.54. The van der Waals surface area contributed by atoms with Crippen molar-refractivity contribution < 1.29 is 9.84 Å². The molecule has 1 saturated carbocycles. The van der Waals surface area contributed by atoms with E-state index in [-0.39, 0.29) is 12.0 Å². The molecule has 18 heavy (non-hydrogen) atoms. The molecule has 2 nitrogen and oxygen atoms in total. The van der Waals surface area contributed by atoms with E-state index in [2.05, 4.69) is 6.07 Å². The highest BCUT2D eigenvalue weighted by Crippen LogP contribution is 2.51. The zero-order chi connectivity index (χ0) is 12.4. The van der Waals surface area contributed by atoms with Crippen LogP contribution in [0.25, 0.3) is 0 Å². The van der Waals surface area contributed by atoms with Crippen LogP contribution in [-0.2, 0) is 5.41 Å². The lowest BCUT2D eigenvalue weighted by atomic mass is 9.96. The highest BCUT2D eigenvalue weighted by molar-refractivity contribution is 5.45. The van der Waals surface area contributed by atoms with E-state index in [1.54, 1.807) is 0 Å². The fourth-order valence-electron chi connectivity index (χ4n) is 2.27. The molecule has 1 aliphatic carbocycles. The molecule has 0 heterocycles. The highest BCUT2D eigenvalue weighted by atomic mass is 16.5. The van der Waals surface area contributed by atoms with Crippen LogP contribution in [-0.4, -0.2) is 11.7 Å². The molecule has 0 atom stereocenters. The average molecular weight is 240 g/mol. The molecule has 1 fully saturated rings. The zero-order valence-corrected chi connectivity index (χ0v) is 10.2. The molecule has 0 bridgehead atoms. The molecular formula is C16H16O2. The van der Waals surface area contributed by atoms with Crippen molar-refractivity contribution in [2.75, 3.05) is 6.61 Å². The third-order valence-electron chi connectivity index (χ3n) is 3.59. The van der Waals surface area contributed by atoms with Gasteiger partial charge >= 0.3 is 0 Å². The summed E-state index contributed by atoms with van der Waals surface area (Å²) in [4.78, 5) is 0. The summed E-state index contributed by atoms with van der Waals surface area (Å²) in [5.41, 5.74) is 1.06. The lowest BCUT2D eigenvalue weighted by Crippen LogP contribution is -2.12. The first kappa shape index (κ1) is 11.3. The van der Waals surface area contributed by atoms with E-state index in [0.29, 0.717) is 0 Å². The monoisotopic (exact) mass is 240 g/mol. The maximum absolute atomic E-state index is 9.54. The van der Waals surface area contributed by atoms with E-state index in [4.69, 9.17) is 4.74 Å². The second-order valence-electron chi connectivity index (χ2n) is 4.85. The molecule has 0 amide bonds. The molecule has 0 unspecified atom stereocenters. The third-order valence-corrected chi connectivity index (χ3v) is 3.59. The largest absolute Gasteiger partial charge is 0.457 e. The Morgan fingerprint density at radius 2 is 1.61 bits per heavy atom. The number of benzene rings is 2. The summed E-state index contributed by atoms with van der Waals surface area (Å²) >= 11 is 0. The highest BCUT2D eigenvalue weighted by Gasteiger charge is 2.45. The quantitative estimate of drug-likeness (QED) is 0.886. The second-order valence-corrected chi connectivity index (χ2v) is 4.85. The van der Waals surface area contributed by atoms with Crippen LogP contribution < -0.4 is 4.74 Å². The first-order valence-corrected chi connectivity index (χ1v) is 6.27. The van der Waals surface area contributed by atoms with Gasteiger partial charge in [0.2, 0.25) is 0 Å². The summed E-state index contributed by atoms with van der Waals surface area (Å²) in [6.07, 6.45) is 2.08. The molecule has 0 radical (unpaired) electrons. The fourth-order valence-corrected chi connectivity index (χ4v) is 2.27. The van der Waals surface area contributed by atoms with Gasteiger partial charge in [-0.05, 0) is 31.0 Å². The molecular weight excluding hydrogens is 224 g/mol. The molecule has 0 saturated heterocycles. The third kappa shape index (κ3) is 2.00. The van der Waals surface area contributed by atoms with Crippen LogP contribution in [0.2, 0.25) is 0 Å². The minimum Gasteiger partial charge on any atom is -0.457 e. The molecule has 2 aromatic rings. The van der Waals surface area contributed by atoms with Crippen molar-refractivity contribution in [3.05, 3.63) is 60.2 Å². The Morgan fingerprint density at radius 3 is 2.28 bits per heavy atom. The van der Waals surface area contributed by atoms with Gasteiger partial charge < -0.3 is 9.84 Å². The molecule has 1 N–H and O–H groups in total. The van der Waals surface area contributed by atoms with E-state index in [0.717, 1.165) is 29.9 Å². The van der Waals surface area contributed by atoms with Crippen molar-refractivity contribution >= 4 is 0 Å².